The van der Waals surface area contributed by atoms with E-state index in [0.29, 0.717) is 0 Å². The van der Waals surface area contributed by atoms with E-state index in [4.69, 9.17) is 4.74 Å². The molecule has 2 heterocycles. The number of benzene rings is 1. The molecule has 0 radical (unpaired) electrons. The number of hydrogen-bond donors (Lipinski definition) is 1. The first-order chi connectivity index (χ1) is 10.3. The lowest BCUT2D eigenvalue weighted by molar-refractivity contribution is 0.0342. The van der Waals surface area contributed by atoms with Crippen LogP contribution in [0.1, 0.15) is 11.3 Å². The van der Waals surface area contributed by atoms with Crippen LogP contribution >= 0.6 is 0 Å². The molecule has 0 saturated carbocycles. The van der Waals surface area contributed by atoms with Gasteiger partial charge in [0.2, 0.25) is 0 Å². The Morgan fingerprint density at radius 2 is 1.90 bits per heavy atom. The molecule has 1 N–H and O–H groups in total. The van der Waals surface area contributed by atoms with Crippen molar-refractivity contribution in [1.82, 2.24) is 14.7 Å². The van der Waals surface area contributed by atoms with Crippen LogP contribution in [0.3, 0.4) is 0 Å². The molecule has 1 aliphatic rings. The average Bonchev–Trinajstić information content (AvgIpc) is 2.93. The standard InChI is InChI=1S/C16H22N4O/c1-19-16(6-7-18-19)12-17-15-4-2-14(3-5-15)13-20-8-10-21-11-9-20/h2-7,17H,8-13H2,1H3. The minimum absolute atomic E-state index is 0.791. The lowest BCUT2D eigenvalue weighted by atomic mass is 10.2. The van der Waals surface area contributed by atoms with E-state index >= 15 is 0 Å². The highest BCUT2D eigenvalue weighted by Gasteiger charge is 2.10. The third-order valence-corrected chi connectivity index (χ3v) is 3.86. The fourth-order valence-electron chi connectivity index (χ4n) is 2.51. The molecule has 0 atom stereocenters. The average molecular weight is 286 g/mol. The highest BCUT2D eigenvalue weighted by molar-refractivity contribution is 5.44. The number of nitrogens with one attached hydrogen (secondary N) is 1. The van der Waals surface area contributed by atoms with Crippen LogP contribution in [0.5, 0.6) is 0 Å². The number of hydrogen-bond acceptors (Lipinski definition) is 4. The zero-order valence-electron chi connectivity index (χ0n) is 12.5. The maximum absolute atomic E-state index is 5.37. The summed E-state index contributed by atoms with van der Waals surface area (Å²) in [6.45, 7) is 5.56. The number of ether oxygens (including phenoxy) is 1. The van der Waals surface area contributed by atoms with Crippen LogP contribution in [0, 0.1) is 0 Å². The largest absolute Gasteiger partial charge is 0.379 e. The second-order valence-electron chi connectivity index (χ2n) is 5.39. The molecule has 112 valence electrons. The van der Waals surface area contributed by atoms with Crippen molar-refractivity contribution in [2.75, 3.05) is 31.6 Å². The van der Waals surface area contributed by atoms with E-state index in [0.717, 1.165) is 45.1 Å². The highest BCUT2D eigenvalue weighted by Crippen LogP contribution is 2.13. The molecule has 1 saturated heterocycles. The van der Waals surface area contributed by atoms with Gasteiger partial charge in [-0.15, -0.1) is 0 Å². The normalized spacial score (nSPS) is 16.0. The molecule has 21 heavy (non-hydrogen) atoms. The molecule has 1 aromatic heterocycles. The fraction of sp³-hybridized carbons (Fsp3) is 0.438. The Hall–Kier alpha value is -1.85. The zero-order valence-corrected chi connectivity index (χ0v) is 12.5. The summed E-state index contributed by atoms with van der Waals surface area (Å²) in [5.41, 5.74) is 3.66. The van der Waals surface area contributed by atoms with Gasteiger partial charge in [-0.05, 0) is 23.8 Å². The summed E-state index contributed by atoms with van der Waals surface area (Å²) in [6, 6.07) is 10.7. The van der Waals surface area contributed by atoms with Crippen molar-refractivity contribution < 1.29 is 4.74 Å². The Bertz CT molecular complexity index is 558. The molecule has 0 aliphatic carbocycles. The molecule has 1 fully saturated rings. The van der Waals surface area contributed by atoms with Crippen LogP contribution in [0.2, 0.25) is 0 Å². The summed E-state index contributed by atoms with van der Waals surface area (Å²) >= 11 is 0. The zero-order chi connectivity index (χ0) is 14.5. The second kappa shape index (κ2) is 6.74. The number of nitrogens with zero attached hydrogens (tertiary/aromatic N) is 3. The number of anilines is 1. The Morgan fingerprint density at radius 3 is 2.57 bits per heavy atom. The van der Waals surface area contributed by atoms with Crippen LogP contribution in [-0.2, 0) is 24.9 Å². The first-order valence-corrected chi connectivity index (χ1v) is 7.41. The van der Waals surface area contributed by atoms with Crippen molar-refractivity contribution in [3.63, 3.8) is 0 Å². The van der Waals surface area contributed by atoms with Gasteiger partial charge in [-0.2, -0.15) is 5.10 Å². The van der Waals surface area contributed by atoms with E-state index in [1.807, 2.05) is 24.0 Å². The summed E-state index contributed by atoms with van der Waals surface area (Å²) in [7, 11) is 1.96. The minimum Gasteiger partial charge on any atom is -0.379 e. The van der Waals surface area contributed by atoms with Crippen LogP contribution in [0.25, 0.3) is 0 Å². The van der Waals surface area contributed by atoms with E-state index in [1.54, 1.807) is 0 Å². The summed E-state index contributed by atoms with van der Waals surface area (Å²) in [5, 5.41) is 7.59. The van der Waals surface area contributed by atoms with E-state index in [-0.39, 0.29) is 0 Å². The van der Waals surface area contributed by atoms with Gasteiger partial charge >= 0.3 is 0 Å². The van der Waals surface area contributed by atoms with Gasteiger partial charge in [0.25, 0.3) is 0 Å². The van der Waals surface area contributed by atoms with Gasteiger partial charge in [-0.25, -0.2) is 0 Å². The summed E-state index contributed by atoms with van der Waals surface area (Å²) < 4.78 is 7.26. The van der Waals surface area contributed by atoms with Crippen molar-refractivity contribution in [3.8, 4) is 0 Å². The summed E-state index contributed by atoms with van der Waals surface area (Å²) in [5.74, 6) is 0. The third-order valence-electron chi connectivity index (χ3n) is 3.86. The molecule has 5 nitrogen and oxygen atoms in total. The van der Waals surface area contributed by atoms with E-state index < -0.39 is 0 Å². The molecule has 2 aromatic rings. The van der Waals surface area contributed by atoms with Crippen LogP contribution in [-0.4, -0.2) is 41.0 Å². The van der Waals surface area contributed by atoms with Crippen molar-refractivity contribution in [1.29, 1.82) is 0 Å². The Labute approximate surface area is 125 Å². The van der Waals surface area contributed by atoms with Crippen molar-refractivity contribution in [2.45, 2.75) is 13.1 Å². The quantitative estimate of drug-likeness (QED) is 0.911. The molecular weight excluding hydrogens is 264 g/mol. The molecule has 1 aromatic carbocycles. The van der Waals surface area contributed by atoms with E-state index in [9.17, 15) is 0 Å². The van der Waals surface area contributed by atoms with Crippen molar-refractivity contribution >= 4 is 5.69 Å². The SMILES string of the molecule is Cn1nccc1CNc1ccc(CN2CCOCC2)cc1. The van der Waals surface area contributed by atoms with Gasteiger partial charge in [-0.1, -0.05) is 12.1 Å². The first-order valence-electron chi connectivity index (χ1n) is 7.41. The van der Waals surface area contributed by atoms with Gasteiger partial charge in [0, 0.05) is 38.6 Å². The molecular formula is C16H22N4O. The lowest BCUT2D eigenvalue weighted by Crippen LogP contribution is -2.35. The maximum atomic E-state index is 5.37. The molecule has 0 unspecified atom stereocenters. The van der Waals surface area contributed by atoms with Crippen LogP contribution < -0.4 is 5.32 Å². The summed E-state index contributed by atoms with van der Waals surface area (Å²) in [6.07, 6.45) is 1.82. The van der Waals surface area contributed by atoms with Gasteiger partial charge < -0.3 is 10.1 Å². The second-order valence-corrected chi connectivity index (χ2v) is 5.39. The van der Waals surface area contributed by atoms with Crippen LogP contribution in [0.4, 0.5) is 5.69 Å². The van der Waals surface area contributed by atoms with Gasteiger partial charge in [0.05, 0.1) is 25.5 Å². The van der Waals surface area contributed by atoms with E-state index in [1.165, 1.54) is 11.3 Å². The van der Waals surface area contributed by atoms with Gasteiger partial charge in [0.15, 0.2) is 0 Å². The highest BCUT2D eigenvalue weighted by atomic mass is 16.5. The minimum atomic E-state index is 0.791. The van der Waals surface area contributed by atoms with Crippen LogP contribution in [0.15, 0.2) is 36.5 Å². The predicted octanol–water partition coefficient (Wildman–Crippen LogP) is 1.86. The molecule has 3 rings (SSSR count). The number of aromatic nitrogens is 2. The maximum Gasteiger partial charge on any atom is 0.0594 e. The lowest BCUT2D eigenvalue weighted by Gasteiger charge is -2.26. The molecule has 1 aliphatic heterocycles. The summed E-state index contributed by atoms with van der Waals surface area (Å²) in [4.78, 5) is 2.43. The predicted molar refractivity (Wildman–Crippen MR) is 83.1 cm³/mol. The third kappa shape index (κ3) is 3.83. The Morgan fingerprint density at radius 1 is 1.14 bits per heavy atom. The van der Waals surface area contributed by atoms with Crippen molar-refractivity contribution in [2.24, 2.45) is 7.05 Å². The Balaban J connectivity index is 1.52. The number of aryl methyl sites for hydroxylation is 1. The molecule has 0 bridgehead atoms. The Kier molecular flexibility index (Phi) is 4.52. The molecule has 0 amide bonds. The topological polar surface area (TPSA) is 42.3 Å². The first kappa shape index (κ1) is 14.1. The monoisotopic (exact) mass is 286 g/mol. The molecule has 5 heteroatoms. The fourth-order valence-corrected chi connectivity index (χ4v) is 2.51. The van der Waals surface area contributed by atoms with Crippen molar-refractivity contribution in [3.05, 3.63) is 47.8 Å². The molecule has 0 spiro atoms. The van der Waals surface area contributed by atoms with Gasteiger partial charge in [0.1, 0.15) is 0 Å². The number of rotatable bonds is 5. The van der Waals surface area contributed by atoms with E-state index in [2.05, 4.69) is 39.6 Å². The van der Waals surface area contributed by atoms with Gasteiger partial charge in [-0.3, -0.25) is 9.58 Å². The number of morpholine rings is 1. The smallest absolute Gasteiger partial charge is 0.0594 e.